The van der Waals surface area contributed by atoms with Crippen molar-refractivity contribution in [3.05, 3.63) is 43.0 Å². The molecule has 0 bridgehead atoms. The van der Waals surface area contributed by atoms with Crippen molar-refractivity contribution in [1.29, 1.82) is 0 Å². The highest BCUT2D eigenvalue weighted by Crippen LogP contribution is 2.38. The lowest BCUT2D eigenvalue weighted by Gasteiger charge is -2.14. The molecule has 172 valence electrons. The Labute approximate surface area is 185 Å². The third-order valence-corrected chi connectivity index (χ3v) is 5.47. The molecule has 0 unspecified atom stereocenters. The topological polar surface area (TPSA) is 144 Å². The van der Waals surface area contributed by atoms with E-state index < -0.39 is 22.4 Å². The summed E-state index contributed by atoms with van der Waals surface area (Å²) in [7, 11) is -1.78. The van der Waals surface area contributed by atoms with Gasteiger partial charge < -0.3 is 14.2 Å². The molecule has 11 nitrogen and oxygen atoms in total. The van der Waals surface area contributed by atoms with Crippen LogP contribution in [0, 0.1) is 0 Å². The predicted molar refractivity (Wildman–Crippen MR) is 111 cm³/mol. The first-order valence-corrected chi connectivity index (χ1v) is 10.7. The van der Waals surface area contributed by atoms with Crippen molar-refractivity contribution in [3.63, 3.8) is 0 Å². The molecular formula is C19H16F2N6O5S. The molecule has 0 atom stereocenters. The van der Waals surface area contributed by atoms with Gasteiger partial charge in [0.25, 0.3) is 11.8 Å². The van der Waals surface area contributed by atoms with Crippen LogP contribution in [0.5, 0.6) is 17.5 Å². The van der Waals surface area contributed by atoms with Crippen molar-refractivity contribution in [2.24, 2.45) is 5.14 Å². The average molecular weight is 478 g/mol. The van der Waals surface area contributed by atoms with Crippen LogP contribution >= 0.6 is 0 Å². The Morgan fingerprint density at radius 3 is 2.33 bits per heavy atom. The maximum absolute atomic E-state index is 12.9. The fraction of sp³-hybridized carbons (Fsp3) is 0.158. The minimum atomic E-state index is -4.17. The van der Waals surface area contributed by atoms with Crippen LogP contribution in [0.15, 0.2) is 47.9 Å². The number of sulfonamides is 1. The zero-order valence-corrected chi connectivity index (χ0v) is 18.0. The van der Waals surface area contributed by atoms with Gasteiger partial charge in [0.1, 0.15) is 4.90 Å². The lowest BCUT2D eigenvalue weighted by atomic mass is 10.1. The second kappa shape index (κ2) is 8.55. The van der Waals surface area contributed by atoms with Crippen LogP contribution in [0.1, 0.15) is 0 Å². The number of benzene rings is 1. The zero-order valence-electron chi connectivity index (χ0n) is 17.1. The van der Waals surface area contributed by atoms with E-state index in [-0.39, 0.29) is 28.0 Å². The van der Waals surface area contributed by atoms with E-state index in [1.165, 1.54) is 43.6 Å². The zero-order chi connectivity index (χ0) is 23.8. The van der Waals surface area contributed by atoms with E-state index in [1.807, 2.05) is 0 Å². The van der Waals surface area contributed by atoms with Gasteiger partial charge in [-0.05, 0) is 0 Å². The van der Waals surface area contributed by atoms with Crippen LogP contribution in [-0.4, -0.2) is 53.8 Å². The number of hydrogen-bond acceptors (Lipinski definition) is 9. The second-order valence-corrected chi connectivity index (χ2v) is 7.98. The molecule has 14 heteroatoms. The Morgan fingerprint density at radius 2 is 1.79 bits per heavy atom. The van der Waals surface area contributed by atoms with Crippen molar-refractivity contribution < 1.29 is 31.4 Å². The highest BCUT2D eigenvalue weighted by atomic mass is 32.2. The Hall–Kier alpha value is -3.91. The molecule has 0 aliphatic carbocycles. The number of hydrogen-bond donors (Lipinski definition) is 1. The number of nitrogens with two attached hydrogens (primary N) is 1. The lowest BCUT2D eigenvalue weighted by Crippen LogP contribution is -2.12. The highest BCUT2D eigenvalue weighted by Gasteiger charge is 2.26. The van der Waals surface area contributed by atoms with Gasteiger partial charge >= 0.3 is 6.61 Å². The first-order valence-electron chi connectivity index (χ1n) is 9.13. The number of primary sulfonamides is 1. The standard InChI is InChI=1S/C19H16F2N6O5S/c1-30-16-15(32-18(20)21)17(31-2)26-19(25-16)27-9-13(33(22,28)29)11-5-3-4-10(14(11)27)12-8-23-6-7-24-12/h3-9,18H,1-2H3,(H2,22,28,29). The number of para-hydroxylation sites is 1. The molecule has 0 amide bonds. The van der Waals surface area contributed by atoms with Gasteiger partial charge in [-0.2, -0.15) is 18.7 Å². The minimum absolute atomic E-state index is 0.151. The molecule has 2 N–H and O–H groups in total. The Morgan fingerprint density at radius 1 is 1.09 bits per heavy atom. The highest BCUT2D eigenvalue weighted by molar-refractivity contribution is 7.89. The number of methoxy groups -OCH3 is 2. The van der Waals surface area contributed by atoms with Gasteiger partial charge in [0.05, 0.1) is 31.6 Å². The number of halogens is 2. The van der Waals surface area contributed by atoms with Crippen molar-refractivity contribution in [1.82, 2.24) is 24.5 Å². The van der Waals surface area contributed by atoms with E-state index in [1.54, 1.807) is 18.2 Å². The molecular weight excluding hydrogens is 462 g/mol. The largest absolute Gasteiger partial charge is 0.478 e. The number of nitrogens with zero attached hydrogens (tertiary/aromatic N) is 5. The van der Waals surface area contributed by atoms with Gasteiger partial charge in [0, 0.05) is 29.5 Å². The van der Waals surface area contributed by atoms with Gasteiger partial charge in [-0.3, -0.25) is 14.5 Å². The Bertz CT molecular complexity index is 1400. The number of aromatic nitrogens is 5. The van der Waals surface area contributed by atoms with Crippen LogP contribution in [0.2, 0.25) is 0 Å². The summed E-state index contributed by atoms with van der Waals surface area (Å²) < 4.78 is 66.3. The summed E-state index contributed by atoms with van der Waals surface area (Å²) in [5.74, 6) is -1.38. The van der Waals surface area contributed by atoms with E-state index in [9.17, 15) is 17.2 Å². The molecule has 0 radical (unpaired) electrons. The summed E-state index contributed by atoms with van der Waals surface area (Å²) in [6.45, 7) is -3.19. The summed E-state index contributed by atoms with van der Waals surface area (Å²) in [4.78, 5) is 16.4. The number of rotatable bonds is 7. The quantitative estimate of drug-likeness (QED) is 0.422. The van der Waals surface area contributed by atoms with Gasteiger partial charge in [0.15, 0.2) is 0 Å². The molecule has 0 saturated carbocycles. The van der Waals surface area contributed by atoms with Crippen LogP contribution in [0.4, 0.5) is 8.78 Å². The van der Waals surface area contributed by atoms with Gasteiger partial charge in [-0.15, -0.1) is 0 Å². The van der Waals surface area contributed by atoms with Crippen molar-refractivity contribution in [3.8, 4) is 34.7 Å². The summed E-state index contributed by atoms with van der Waals surface area (Å²) in [6.07, 6.45) is 5.66. The van der Waals surface area contributed by atoms with Crippen LogP contribution in [0.3, 0.4) is 0 Å². The molecule has 0 aliphatic heterocycles. The van der Waals surface area contributed by atoms with Crippen LogP contribution in [0.25, 0.3) is 28.1 Å². The Balaban J connectivity index is 2.08. The SMILES string of the molecule is COc1nc(-n2cc(S(N)(=O)=O)c3cccc(-c4cnccn4)c32)nc(OC)c1OC(F)F. The first-order chi connectivity index (χ1) is 15.7. The van der Waals surface area contributed by atoms with Crippen LogP contribution < -0.4 is 19.3 Å². The van der Waals surface area contributed by atoms with Gasteiger partial charge in [0.2, 0.25) is 21.7 Å². The third kappa shape index (κ3) is 4.12. The third-order valence-electron chi connectivity index (χ3n) is 4.54. The number of fused-ring (bicyclic) bond motifs is 1. The van der Waals surface area contributed by atoms with Crippen molar-refractivity contribution in [2.45, 2.75) is 11.5 Å². The summed E-state index contributed by atoms with van der Waals surface area (Å²) in [5.41, 5.74) is 1.25. The normalized spacial score (nSPS) is 11.7. The molecule has 4 rings (SSSR count). The fourth-order valence-electron chi connectivity index (χ4n) is 3.26. The van der Waals surface area contributed by atoms with Gasteiger partial charge in [-0.25, -0.2) is 13.6 Å². The van der Waals surface area contributed by atoms with E-state index in [0.29, 0.717) is 16.8 Å². The smallest absolute Gasteiger partial charge is 0.387 e. The molecule has 0 aliphatic rings. The van der Waals surface area contributed by atoms with Crippen LogP contribution in [-0.2, 0) is 10.0 Å². The van der Waals surface area contributed by atoms with Crippen molar-refractivity contribution in [2.75, 3.05) is 14.2 Å². The fourth-order valence-corrected chi connectivity index (χ4v) is 3.98. The maximum atomic E-state index is 12.9. The molecule has 0 spiro atoms. The van der Waals surface area contributed by atoms with Gasteiger partial charge in [-0.1, -0.05) is 18.2 Å². The molecule has 33 heavy (non-hydrogen) atoms. The predicted octanol–water partition coefficient (Wildman–Crippen LogP) is 2.14. The van der Waals surface area contributed by atoms with E-state index in [2.05, 4.69) is 24.7 Å². The first kappa shape index (κ1) is 22.3. The average Bonchev–Trinajstić information content (AvgIpc) is 3.20. The van der Waals surface area contributed by atoms with Crippen molar-refractivity contribution >= 4 is 20.9 Å². The molecule has 3 heterocycles. The summed E-state index contributed by atoms with van der Waals surface area (Å²) in [6, 6.07) is 4.87. The number of alkyl halides is 2. The summed E-state index contributed by atoms with van der Waals surface area (Å²) >= 11 is 0. The number of ether oxygens (including phenoxy) is 3. The Kier molecular flexibility index (Phi) is 5.78. The van der Waals surface area contributed by atoms with E-state index in [4.69, 9.17) is 14.6 Å². The second-order valence-electron chi connectivity index (χ2n) is 6.45. The maximum Gasteiger partial charge on any atom is 0.387 e. The molecule has 4 aromatic rings. The molecule has 3 aromatic heterocycles. The molecule has 0 fully saturated rings. The molecule has 0 saturated heterocycles. The molecule has 1 aromatic carbocycles. The monoisotopic (exact) mass is 478 g/mol. The lowest BCUT2D eigenvalue weighted by molar-refractivity contribution is -0.0534. The minimum Gasteiger partial charge on any atom is -0.478 e. The van der Waals surface area contributed by atoms with E-state index in [0.717, 1.165) is 0 Å². The summed E-state index contributed by atoms with van der Waals surface area (Å²) in [5, 5.41) is 5.69. The van der Waals surface area contributed by atoms with E-state index >= 15 is 0 Å².